The van der Waals surface area contributed by atoms with Crippen LogP contribution in [0, 0.1) is 20.8 Å². The Labute approximate surface area is 546 Å². The maximum Gasteiger partial charge on any atom is 0.0622 e. The predicted molar refractivity (Wildman–Crippen MR) is 398 cm³/mol. The first-order valence-electron chi connectivity index (χ1n) is 32.5. The van der Waals surface area contributed by atoms with Gasteiger partial charge in [-0.25, -0.2) is 0 Å². The average Bonchev–Trinajstić information content (AvgIpc) is 1.54. The largest absolute Gasteiger partial charge is 0.310 e. The van der Waals surface area contributed by atoms with E-state index in [9.17, 15) is 0 Å². The van der Waals surface area contributed by atoms with Crippen LogP contribution in [-0.4, -0.2) is 8.80 Å². The molecule has 4 aromatic heterocycles. The van der Waals surface area contributed by atoms with Crippen molar-refractivity contribution in [2.45, 2.75) is 27.2 Å². The molecule has 0 spiro atoms. The number of aryl methyl sites for hydroxylation is 3. The van der Waals surface area contributed by atoms with Crippen LogP contribution in [0.15, 0.2) is 322 Å². The molecule has 0 atom stereocenters. The van der Waals surface area contributed by atoms with E-state index in [0.717, 1.165) is 68.2 Å². The zero-order valence-corrected chi connectivity index (χ0v) is 52.5. The lowest BCUT2D eigenvalue weighted by molar-refractivity contribution is 1.14. The molecule has 0 aliphatic heterocycles. The summed E-state index contributed by atoms with van der Waals surface area (Å²) in [5, 5.41) is 9.78. The number of hydrogen-bond donors (Lipinski definition) is 0. The smallest absolute Gasteiger partial charge is 0.0622 e. The normalized spacial score (nSPS) is 11.8. The van der Waals surface area contributed by atoms with Gasteiger partial charge in [0, 0.05) is 88.6 Å². The van der Waals surface area contributed by atoms with Crippen molar-refractivity contribution >= 4 is 144 Å². The van der Waals surface area contributed by atoms with Crippen LogP contribution in [0.2, 0.25) is 0 Å². The van der Waals surface area contributed by atoms with Crippen molar-refractivity contribution in [2.24, 2.45) is 0 Å². The Bertz CT molecular complexity index is 5890. The second-order valence-corrected chi connectivity index (χ2v) is 25.1. The molecule has 446 valence electrons. The predicted octanol–water partition coefficient (Wildman–Crippen LogP) is 24.4. The number of fused-ring (bicyclic) bond motifs is 12. The van der Waals surface area contributed by atoms with Crippen molar-refractivity contribution in [2.75, 3.05) is 19.6 Å². The molecule has 0 aliphatic carbocycles. The van der Waals surface area contributed by atoms with Gasteiger partial charge < -0.3 is 28.4 Å². The standard InChI is InChI=1S/C88H64N6/c1-58-27-20-38-67(54-58)89(63-30-8-4-9-31-63)75-45-23-49-79-83(75)69-39-21-40-70-84-76(46-24-50-80(84)93(79)87(69)70)90(64-32-10-5-11-33-64)68-55-59(2)53-61(57-68)56-62-29-17-19-44-74(62)92(66-36-14-7-15-37-66)78-48-26-52-82-86(78)72-42-22-41-71-85-77(47-25-51-81(85)94(82)88(71)72)91(65-34-12-6-13-35-65)73-43-18-16-28-60(73)3/h4-55,57H,56H2,1-3H3. The Morgan fingerprint density at radius 3 is 1.04 bits per heavy atom. The van der Waals surface area contributed by atoms with Crippen LogP contribution >= 0.6 is 0 Å². The molecule has 0 aliphatic rings. The summed E-state index contributed by atoms with van der Waals surface area (Å²) in [6.07, 6.45) is 0.697. The first-order valence-corrected chi connectivity index (χ1v) is 32.5. The number of benzene rings is 14. The summed E-state index contributed by atoms with van der Waals surface area (Å²) < 4.78 is 5.05. The summed E-state index contributed by atoms with van der Waals surface area (Å²) in [5.41, 5.74) is 26.7. The van der Waals surface area contributed by atoms with Crippen LogP contribution in [-0.2, 0) is 6.42 Å². The van der Waals surface area contributed by atoms with Gasteiger partial charge in [0.1, 0.15) is 0 Å². The van der Waals surface area contributed by atoms with E-state index in [1.165, 1.54) is 104 Å². The quantitative estimate of drug-likeness (QED) is 0.108. The molecule has 0 saturated carbocycles. The number of aromatic nitrogens is 2. The van der Waals surface area contributed by atoms with Gasteiger partial charge in [0.2, 0.25) is 0 Å². The van der Waals surface area contributed by atoms with Gasteiger partial charge in [0.05, 0.1) is 55.8 Å². The molecule has 4 heterocycles. The Balaban J connectivity index is 0.776. The number of nitrogens with zero attached hydrogens (tertiary/aromatic N) is 6. The highest BCUT2D eigenvalue weighted by molar-refractivity contribution is 6.30. The molecule has 0 radical (unpaired) electrons. The Morgan fingerprint density at radius 1 is 0.245 bits per heavy atom. The Morgan fingerprint density at radius 2 is 0.585 bits per heavy atom. The van der Waals surface area contributed by atoms with Gasteiger partial charge in [-0.3, -0.25) is 0 Å². The molecular weight excluding hydrogens is 1140 g/mol. The minimum Gasteiger partial charge on any atom is -0.310 e. The maximum atomic E-state index is 2.52. The summed E-state index contributed by atoms with van der Waals surface area (Å²) >= 11 is 0. The van der Waals surface area contributed by atoms with Gasteiger partial charge in [-0.15, -0.1) is 0 Å². The van der Waals surface area contributed by atoms with Gasteiger partial charge in [-0.1, -0.05) is 188 Å². The number of para-hydroxylation sites is 8. The van der Waals surface area contributed by atoms with Crippen molar-refractivity contribution in [3.63, 3.8) is 0 Å². The monoisotopic (exact) mass is 1200 g/mol. The molecule has 0 fully saturated rings. The van der Waals surface area contributed by atoms with E-state index in [1.54, 1.807) is 0 Å². The molecule has 94 heavy (non-hydrogen) atoms. The van der Waals surface area contributed by atoms with Gasteiger partial charge in [-0.2, -0.15) is 0 Å². The van der Waals surface area contributed by atoms with Crippen LogP contribution in [0.1, 0.15) is 27.8 Å². The van der Waals surface area contributed by atoms with Crippen molar-refractivity contribution in [3.8, 4) is 0 Å². The molecule has 0 amide bonds. The molecule has 14 aromatic carbocycles. The highest BCUT2D eigenvalue weighted by atomic mass is 15.2. The van der Waals surface area contributed by atoms with Crippen LogP contribution in [0.5, 0.6) is 0 Å². The van der Waals surface area contributed by atoms with E-state index < -0.39 is 0 Å². The van der Waals surface area contributed by atoms with Crippen LogP contribution < -0.4 is 19.6 Å². The van der Waals surface area contributed by atoms with Crippen molar-refractivity contribution in [1.29, 1.82) is 0 Å². The Hall–Kier alpha value is -12.1. The lowest BCUT2D eigenvalue weighted by atomic mass is 9.98. The second kappa shape index (κ2) is 22.1. The first-order chi connectivity index (χ1) is 46.4. The molecule has 0 unspecified atom stereocenters. The average molecular weight is 1210 g/mol. The molecular formula is C88H64N6. The fourth-order valence-electron chi connectivity index (χ4n) is 15.6. The van der Waals surface area contributed by atoms with Crippen molar-refractivity contribution < 1.29 is 0 Å². The zero-order chi connectivity index (χ0) is 62.5. The topological polar surface area (TPSA) is 21.8 Å². The number of anilines is 12. The van der Waals surface area contributed by atoms with E-state index in [4.69, 9.17) is 0 Å². The lowest BCUT2D eigenvalue weighted by Gasteiger charge is -2.29. The highest BCUT2D eigenvalue weighted by Gasteiger charge is 2.30. The summed E-state index contributed by atoms with van der Waals surface area (Å²) in [6, 6.07) is 118. The second-order valence-electron chi connectivity index (χ2n) is 25.1. The third-order valence-corrected chi connectivity index (χ3v) is 19.3. The van der Waals surface area contributed by atoms with Gasteiger partial charge in [0.15, 0.2) is 0 Å². The van der Waals surface area contributed by atoms with Crippen LogP contribution in [0.4, 0.5) is 68.2 Å². The fraction of sp³-hybridized carbons (Fsp3) is 0.0455. The van der Waals surface area contributed by atoms with E-state index >= 15 is 0 Å². The highest BCUT2D eigenvalue weighted by Crippen LogP contribution is 2.53. The van der Waals surface area contributed by atoms with Gasteiger partial charge >= 0.3 is 0 Å². The summed E-state index contributed by atoms with van der Waals surface area (Å²) in [4.78, 5) is 9.86. The van der Waals surface area contributed by atoms with E-state index in [2.05, 4.69) is 371 Å². The SMILES string of the molecule is Cc1cccc(N(c2ccccc2)c2cccc3c2c2cccc4c5c(N(c6ccccc6)c6cc(C)cc(Cc7ccccc7N(c7ccccc7)c7cccc8c7c7cccc9c%10c(N(c%11ccccc%11)c%11ccccc%11C)cccc%10n8c97)c6)cccc5n3c24)c1. The van der Waals surface area contributed by atoms with Crippen molar-refractivity contribution in [1.82, 2.24) is 8.80 Å². The summed E-state index contributed by atoms with van der Waals surface area (Å²) in [5.74, 6) is 0. The van der Waals surface area contributed by atoms with E-state index in [1.807, 2.05) is 0 Å². The molecule has 6 nitrogen and oxygen atoms in total. The third-order valence-electron chi connectivity index (χ3n) is 19.3. The lowest BCUT2D eigenvalue weighted by Crippen LogP contribution is -2.13. The van der Waals surface area contributed by atoms with Gasteiger partial charge in [0.25, 0.3) is 0 Å². The minimum absolute atomic E-state index is 0.697. The summed E-state index contributed by atoms with van der Waals surface area (Å²) in [6.45, 7) is 6.63. The molecule has 0 N–H and O–H groups in total. The fourth-order valence-corrected chi connectivity index (χ4v) is 15.6. The number of hydrogen-bond acceptors (Lipinski definition) is 4. The first kappa shape index (κ1) is 54.8. The Kier molecular flexibility index (Phi) is 12.9. The van der Waals surface area contributed by atoms with Gasteiger partial charge in [-0.05, 0) is 188 Å². The third kappa shape index (κ3) is 8.64. The summed E-state index contributed by atoms with van der Waals surface area (Å²) in [7, 11) is 0. The molecule has 18 rings (SSSR count). The minimum atomic E-state index is 0.697. The van der Waals surface area contributed by atoms with Crippen molar-refractivity contribution in [3.05, 3.63) is 349 Å². The van der Waals surface area contributed by atoms with Crippen LogP contribution in [0.25, 0.3) is 76.2 Å². The number of rotatable bonds is 14. The van der Waals surface area contributed by atoms with E-state index in [0.29, 0.717) is 6.42 Å². The molecule has 6 heteroatoms. The maximum absolute atomic E-state index is 2.52. The molecule has 0 saturated heterocycles. The molecule has 18 aromatic rings. The van der Waals surface area contributed by atoms with Crippen LogP contribution in [0.3, 0.4) is 0 Å². The molecule has 0 bridgehead atoms. The van der Waals surface area contributed by atoms with E-state index in [-0.39, 0.29) is 0 Å². The zero-order valence-electron chi connectivity index (χ0n) is 52.5.